The van der Waals surface area contributed by atoms with Gasteiger partial charge in [0.2, 0.25) is 5.91 Å². The first-order chi connectivity index (χ1) is 16.8. The lowest BCUT2D eigenvalue weighted by molar-refractivity contribution is -0.118. The van der Waals surface area contributed by atoms with Crippen LogP contribution in [0, 0.1) is 6.92 Å². The van der Waals surface area contributed by atoms with E-state index in [1.165, 1.54) is 6.92 Å². The number of hydrogen-bond donors (Lipinski definition) is 3. The zero-order chi connectivity index (χ0) is 24.9. The maximum atomic E-state index is 13.2. The molecule has 0 aliphatic carbocycles. The number of amides is 3. The molecule has 1 aromatic heterocycles. The van der Waals surface area contributed by atoms with Gasteiger partial charge in [0, 0.05) is 42.7 Å². The summed E-state index contributed by atoms with van der Waals surface area (Å²) in [4.78, 5) is 47.0. The van der Waals surface area contributed by atoms with Gasteiger partial charge in [-0.3, -0.25) is 14.4 Å². The number of rotatable bonds is 8. The molecule has 0 saturated carbocycles. The van der Waals surface area contributed by atoms with Gasteiger partial charge in [0.25, 0.3) is 11.8 Å². The zero-order valence-corrected chi connectivity index (χ0v) is 20.7. The normalized spacial score (nSPS) is 14.2. The van der Waals surface area contributed by atoms with E-state index in [2.05, 4.69) is 20.6 Å². The fraction of sp³-hybridized carbons (Fsp3) is 0.385. The van der Waals surface area contributed by atoms with E-state index in [1.54, 1.807) is 30.3 Å². The number of benzene rings is 2. The van der Waals surface area contributed by atoms with Crippen LogP contribution in [0.15, 0.2) is 36.4 Å². The predicted octanol–water partition coefficient (Wildman–Crippen LogP) is 4.15. The molecule has 0 spiro atoms. The number of likely N-dealkylation sites (tertiary alicyclic amines) is 1. The molecule has 1 atom stereocenters. The number of nitrogens with one attached hydrogen (secondary N) is 3. The zero-order valence-electron chi connectivity index (χ0n) is 20.0. The van der Waals surface area contributed by atoms with Crippen LogP contribution in [0.1, 0.15) is 70.8 Å². The molecular weight excluding hydrogens is 466 g/mol. The highest BCUT2D eigenvalue weighted by atomic mass is 35.5. The molecule has 1 aliphatic heterocycles. The SMILES string of the molecule is CC(=O)NCCCC(NC(=O)c1ccc(C(=O)N2CCCC2)c(C)c1)c1nc2cc(Cl)ccc2[nH]1. The van der Waals surface area contributed by atoms with Crippen molar-refractivity contribution in [3.8, 4) is 0 Å². The van der Waals surface area contributed by atoms with E-state index in [0.29, 0.717) is 46.9 Å². The van der Waals surface area contributed by atoms with Crippen molar-refractivity contribution in [1.82, 2.24) is 25.5 Å². The second kappa shape index (κ2) is 10.9. The Morgan fingerprint density at radius 1 is 1.14 bits per heavy atom. The van der Waals surface area contributed by atoms with Crippen molar-refractivity contribution in [3.63, 3.8) is 0 Å². The van der Waals surface area contributed by atoms with Gasteiger partial charge in [-0.25, -0.2) is 4.98 Å². The van der Waals surface area contributed by atoms with E-state index < -0.39 is 6.04 Å². The number of carbonyl (C=O) groups excluding carboxylic acids is 3. The van der Waals surface area contributed by atoms with E-state index in [0.717, 1.165) is 37.0 Å². The Morgan fingerprint density at radius 3 is 2.63 bits per heavy atom. The summed E-state index contributed by atoms with van der Waals surface area (Å²) in [6, 6.07) is 10.2. The molecule has 1 saturated heterocycles. The second-order valence-electron chi connectivity index (χ2n) is 8.96. The van der Waals surface area contributed by atoms with Gasteiger partial charge in [0.1, 0.15) is 5.82 Å². The van der Waals surface area contributed by atoms with Crippen LogP contribution < -0.4 is 10.6 Å². The van der Waals surface area contributed by atoms with Crippen LogP contribution in [0.5, 0.6) is 0 Å². The van der Waals surface area contributed by atoms with E-state index >= 15 is 0 Å². The molecule has 0 bridgehead atoms. The van der Waals surface area contributed by atoms with Crippen LogP contribution in [0.25, 0.3) is 11.0 Å². The third-order valence-corrected chi connectivity index (χ3v) is 6.49. The standard InChI is InChI=1S/C26H30ClN5O3/c1-16-14-18(7-9-20(16)26(35)32-12-3-4-13-32)25(34)31-22(6-5-11-28-17(2)33)24-29-21-10-8-19(27)15-23(21)30-24/h7-10,14-15,22H,3-6,11-13H2,1-2H3,(H,28,33)(H,29,30)(H,31,34). The lowest BCUT2D eigenvalue weighted by atomic mass is 10.0. The number of aryl methyl sites for hydroxylation is 1. The molecule has 4 rings (SSSR count). The van der Waals surface area contributed by atoms with Crippen molar-refractivity contribution in [2.24, 2.45) is 0 Å². The number of hydrogen-bond acceptors (Lipinski definition) is 4. The van der Waals surface area contributed by atoms with Gasteiger partial charge in [0.05, 0.1) is 17.1 Å². The Labute approximate surface area is 209 Å². The second-order valence-corrected chi connectivity index (χ2v) is 9.40. The molecule has 35 heavy (non-hydrogen) atoms. The molecule has 9 heteroatoms. The molecule has 1 unspecified atom stereocenters. The summed E-state index contributed by atoms with van der Waals surface area (Å²) in [7, 11) is 0. The minimum Gasteiger partial charge on any atom is -0.356 e. The van der Waals surface area contributed by atoms with Gasteiger partial charge in [-0.2, -0.15) is 0 Å². The van der Waals surface area contributed by atoms with Crippen molar-refractivity contribution >= 4 is 40.4 Å². The van der Waals surface area contributed by atoms with Crippen molar-refractivity contribution in [2.45, 2.75) is 45.6 Å². The number of imidazole rings is 1. The van der Waals surface area contributed by atoms with Crippen molar-refractivity contribution in [3.05, 3.63) is 63.9 Å². The van der Waals surface area contributed by atoms with Gasteiger partial charge >= 0.3 is 0 Å². The Hall–Kier alpha value is -3.39. The van der Waals surface area contributed by atoms with E-state index in [-0.39, 0.29) is 17.7 Å². The largest absolute Gasteiger partial charge is 0.356 e. The first-order valence-electron chi connectivity index (χ1n) is 11.9. The van der Waals surface area contributed by atoms with Crippen LogP contribution in [-0.2, 0) is 4.79 Å². The van der Waals surface area contributed by atoms with Crippen LogP contribution in [0.4, 0.5) is 0 Å². The highest BCUT2D eigenvalue weighted by molar-refractivity contribution is 6.31. The third-order valence-electron chi connectivity index (χ3n) is 6.25. The summed E-state index contributed by atoms with van der Waals surface area (Å²) >= 11 is 6.10. The highest BCUT2D eigenvalue weighted by Gasteiger charge is 2.23. The summed E-state index contributed by atoms with van der Waals surface area (Å²) in [5.74, 6) is 0.291. The summed E-state index contributed by atoms with van der Waals surface area (Å²) in [5, 5.41) is 6.44. The van der Waals surface area contributed by atoms with Crippen molar-refractivity contribution in [1.29, 1.82) is 0 Å². The van der Waals surface area contributed by atoms with Gasteiger partial charge < -0.3 is 20.5 Å². The molecule has 3 N–H and O–H groups in total. The summed E-state index contributed by atoms with van der Waals surface area (Å²) in [5.41, 5.74) is 3.42. The highest BCUT2D eigenvalue weighted by Crippen LogP contribution is 2.23. The van der Waals surface area contributed by atoms with E-state index in [4.69, 9.17) is 11.6 Å². The number of halogens is 1. The monoisotopic (exact) mass is 495 g/mol. The summed E-state index contributed by atoms with van der Waals surface area (Å²) in [6.45, 7) is 5.39. The molecular formula is C26H30ClN5O3. The molecule has 184 valence electrons. The number of carbonyl (C=O) groups is 3. The van der Waals surface area contributed by atoms with Gasteiger partial charge in [-0.15, -0.1) is 0 Å². The molecule has 2 heterocycles. The Kier molecular flexibility index (Phi) is 7.70. The van der Waals surface area contributed by atoms with Gasteiger partial charge in [-0.1, -0.05) is 11.6 Å². The molecule has 8 nitrogen and oxygen atoms in total. The lowest BCUT2D eigenvalue weighted by Gasteiger charge is -2.19. The summed E-state index contributed by atoms with van der Waals surface area (Å²) < 4.78 is 0. The third kappa shape index (κ3) is 6.00. The molecule has 1 fully saturated rings. The Bertz CT molecular complexity index is 1250. The minimum atomic E-state index is -0.395. The smallest absolute Gasteiger partial charge is 0.254 e. The fourth-order valence-corrected chi connectivity index (χ4v) is 4.55. The molecule has 2 aromatic carbocycles. The lowest BCUT2D eigenvalue weighted by Crippen LogP contribution is -2.31. The number of aromatic nitrogens is 2. The van der Waals surface area contributed by atoms with Crippen LogP contribution >= 0.6 is 11.6 Å². The van der Waals surface area contributed by atoms with Crippen LogP contribution in [-0.4, -0.2) is 52.2 Å². The van der Waals surface area contributed by atoms with Gasteiger partial charge in [-0.05, 0) is 74.6 Å². The molecule has 3 aromatic rings. The average molecular weight is 496 g/mol. The fourth-order valence-electron chi connectivity index (χ4n) is 4.39. The topological polar surface area (TPSA) is 107 Å². The first-order valence-corrected chi connectivity index (χ1v) is 12.3. The maximum Gasteiger partial charge on any atom is 0.254 e. The number of fused-ring (bicyclic) bond motifs is 1. The number of aromatic amines is 1. The average Bonchev–Trinajstić information content (AvgIpc) is 3.50. The van der Waals surface area contributed by atoms with Gasteiger partial charge in [0.15, 0.2) is 0 Å². The van der Waals surface area contributed by atoms with Crippen LogP contribution in [0.3, 0.4) is 0 Å². The number of H-pyrrole nitrogens is 1. The van der Waals surface area contributed by atoms with Crippen molar-refractivity contribution < 1.29 is 14.4 Å². The molecule has 1 aliphatic rings. The van der Waals surface area contributed by atoms with E-state index in [1.807, 2.05) is 17.9 Å². The Balaban J connectivity index is 1.52. The van der Waals surface area contributed by atoms with Crippen molar-refractivity contribution in [2.75, 3.05) is 19.6 Å². The molecule has 3 amide bonds. The van der Waals surface area contributed by atoms with E-state index in [9.17, 15) is 14.4 Å². The predicted molar refractivity (Wildman–Crippen MR) is 136 cm³/mol. The summed E-state index contributed by atoms with van der Waals surface area (Å²) in [6.07, 6.45) is 3.29. The Morgan fingerprint density at radius 2 is 1.91 bits per heavy atom. The molecule has 0 radical (unpaired) electrons. The quantitative estimate of drug-likeness (QED) is 0.408. The number of nitrogens with zero attached hydrogens (tertiary/aromatic N) is 2. The minimum absolute atomic E-state index is 0.0174. The maximum absolute atomic E-state index is 13.2. The van der Waals surface area contributed by atoms with Crippen LogP contribution in [0.2, 0.25) is 5.02 Å². The first kappa shape index (κ1) is 24.7.